The summed E-state index contributed by atoms with van der Waals surface area (Å²) < 4.78 is 5.35. The van der Waals surface area contributed by atoms with Crippen LogP contribution in [-0.4, -0.2) is 71.0 Å². The van der Waals surface area contributed by atoms with Crippen molar-refractivity contribution in [1.29, 1.82) is 0 Å². The molecule has 9 nitrogen and oxygen atoms in total. The zero-order chi connectivity index (χ0) is 26.9. The maximum Gasteiger partial charge on any atom is 0.322 e. The normalized spacial score (nSPS) is 17.7. The number of aromatic nitrogens is 2. The van der Waals surface area contributed by atoms with Gasteiger partial charge in [0.05, 0.1) is 7.11 Å². The lowest BCUT2D eigenvalue weighted by Crippen LogP contribution is -2.49. The van der Waals surface area contributed by atoms with E-state index in [-0.39, 0.29) is 18.0 Å². The Balaban J connectivity index is 1.09. The van der Waals surface area contributed by atoms with Crippen molar-refractivity contribution in [2.45, 2.75) is 45.2 Å². The first-order valence-corrected chi connectivity index (χ1v) is 13.7. The minimum Gasteiger partial charge on any atom is -0.497 e. The van der Waals surface area contributed by atoms with Crippen molar-refractivity contribution in [2.75, 3.05) is 43.5 Å². The van der Waals surface area contributed by atoms with Gasteiger partial charge in [-0.05, 0) is 73.1 Å². The third-order valence-electron chi connectivity index (χ3n) is 8.33. The van der Waals surface area contributed by atoms with Crippen LogP contribution < -0.4 is 15.0 Å². The van der Waals surface area contributed by atoms with E-state index < -0.39 is 0 Å². The highest BCUT2D eigenvalue weighted by Crippen LogP contribution is 2.29. The van der Waals surface area contributed by atoms with Gasteiger partial charge in [-0.25, -0.2) is 14.8 Å². The zero-order valence-electron chi connectivity index (χ0n) is 22.5. The number of rotatable bonds is 4. The highest BCUT2D eigenvalue weighted by molar-refractivity contribution is 5.93. The van der Waals surface area contributed by atoms with Gasteiger partial charge in [0.15, 0.2) is 0 Å². The summed E-state index contributed by atoms with van der Waals surface area (Å²) in [6.07, 6.45) is 4.81. The molecule has 6 rings (SSSR count). The molecule has 1 saturated heterocycles. The summed E-state index contributed by atoms with van der Waals surface area (Å²) in [6.45, 7) is 5.62. The Labute approximate surface area is 228 Å². The number of ether oxygens (including phenoxy) is 1. The van der Waals surface area contributed by atoms with Crippen molar-refractivity contribution >= 4 is 23.4 Å². The molecule has 39 heavy (non-hydrogen) atoms. The van der Waals surface area contributed by atoms with Gasteiger partial charge in [0.1, 0.15) is 23.6 Å². The first-order chi connectivity index (χ1) is 19.0. The number of benzene rings is 2. The molecule has 0 radical (unpaired) electrons. The number of urea groups is 1. The van der Waals surface area contributed by atoms with Gasteiger partial charge in [-0.2, -0.15) is 0 Å². The molecule has 0 bridgehead atoms. The largest absolute Gasteiger partial charge is 0.497 e. The third kappa shape index (κ3) is 5.01. The highest BCUT2D eigenvalue weighted by Gasteiger charge is 2.31. The summed E-state index contributed by atoms with van der Waals surface area (Å²) in [4.78, 5) is 41.3. The lowest BCUT2D eigenvalue weighted by Gasteiger charge is -2.38. The van der Waals surface area contributed by atoms with Crippen molar-refractivity contribution < 1.29 is 14.3 Å². The Kier molecular flexibility index (Phi) is 6.81. The van der Waals surface area contributed by atoms with Gasteiger partial charge < -0.3 is 24.8 Å². The minimum absolute atomic E-state index is 0.0504. The molecular formula is C30H34N6O3. The fourth-order valence-electron chi connectivity index (χ4n) is 6.08. The van der Waals surface area contributed by atoms with Crippen LogP contribution in [0, 0.1) is 6.92 Å². The number of amides is 3. The van der Waals surface area contributed by atoms with Crippen LogP contribution in [0.25, 0.3) is 0 Å². The molecular weight excluding hydrogens is 492 g/mol. The van der Waals surface area contributed by atoms with Gasteiger partial charge in [0.2, 0.25) is 0 Å². The molecule has 2 aromatic carbocycles. The Morgan fingerprint density at radius 2 is 1.85 bits per heavy atom. The fraction of sp³-hybridized carbons (Fsp3) is 0.400. The van der Waals surface area contributed by atoms with Crippen LogP contribution >= 0.6 is 0 Å². The number of nitrogens with one attached hydrogen (secondary N) is 1. The van der Waals surface area contributed by atoms with E-state index in [1.165, 1.54) is 23.0 Å². The van der Waals surface area contributed by atoms with Crippen LogP contribution in [0.4, 0.5) is 16.3 Å². The van der Waals surface area contributed by atoms with Crippen LogP contribution in [0.5, 0.6) is 5.75 Å². The Morgan fingerprint density at radius 1 is 1.00 bits per heavy atom. The van der Waals surface area contributed by atoms with Crippen molar-refractivity contribution in [1.82, 2.24) is 19.8 Å². The van der Waals surface area contributed by atoms with E-state index >= 15 is 0 Å². The lowest BCUT2D eigenvalue weighted by molar-refractivity contribution is 0.0728. The number of anilines is 2. The quantitative estimate of drug-likeness (QED) is 0.552. The molecule has 0 atom stereocenters. The predicted molar refractivity (Wildman–Crippen MR) is 149 cm³/mol. The number of nitrogens with zero attached hydrogens (tertiary/aromatic N) is 5. The second-order valence-corrected chi connectivity index (χ2v) is 10.6. The molecule has 3 aliphatic rings. The molecule has 9 heteroatoms. The molecule has 3 aliphatic heterocycles. The molecule has 0 unspecified atom stereocenters. The predicted octanol–water partition coefficient (Wildman–Crippen LogP) is 4.05. The number of fused-ring (bicyclic) bond motifs is 2. The van der Waals surface area contributed by atoms with Crippen LogP contribution in [-0.2, 0) is 19.4 Å². The van der Waals surface area contributed by atoms with E-state index in [0.717, 1.165) is 61.6 Å². The molecule has 3 amide bonds. The number of piperidine rings is 1. The summed E-state index contributed by atoms with van der Waals surface area (Å²) in [5.74, 6) is 1.51. The first-order valence-electron chi connectivity index (χ1n) is 13.7. The summed E-state index contributed by atoms with van der Waals surface area (Å²) in [5.41, 5.74) is 6.23. The molecule has 1 N–H and O–H groups in total. The fourth-order valence-corrected chi connectivity index (χ4v) is 6.08. The summed E-state index contributed by atoms with van der Waals surface area (Å²) in [6, 6.07) is 14.0. The molecule has 1 aromatic heterocycles. The lowest BCUT2D eigenvalue weighted by atomic mass is 9.95. The van der Waals surface area contributed by atoms with Crippen molar-refractivity contribution in [3.8, 4) is 5.75 Å². The Morgan fingerprint density at radius 3 is 2.67 bits per heavy atom. The van der Waals surface area contributed by atoms with Crippen LogP contribution in [0.3, 0.4) is 0 Å². The summed E-state index contributed by atoms with van der Waals surface area (Å²) >= 11 is 0. The van der Waals surface area contributed by atoms with Crippen LogP contribution in [0.15, 0.2) is 48.8 Å². The molecule has 1 fully saturated rings. The summed E-state index contributed by atoms with van der Waals surface area (Å²) in [7, 11) is 1.65. The zero-order valence-corrected chi connectivity index (χ0v) is 22.5. The Hall–Kier alpha value is -4.14. The van der Waals surface area contributed by atoms with Gasteiger partial charge in [-0.15, -0.1) is 0 Å². The topological polar surface area (TPSA) is 90.9 Å². The van der Waals surface area contributed by atoms with Crippen LogP contribution in [0.2, 0.25) is 0 Å². The maximum absolute atomic E-state index is 13.3. The van der Waals surface area contributed by atoms with Crippen LogP contribution in [0.1, 0.15) is 45.6 Å². The second-order valence-electron chi connectivity index (χ2n) is 10.6. The molecule has 4 heterocycles. The first kappa shape index (κ1) is 25.2. The minimum atomic E-state index is -0.0573. The number of hydrogen-bond acceptors (Lipinski definition) is 6. The number of hydrogen-bond donors (Lipinski definition) is 1. The summed E-state index contributed by atoms with van der Waals surface area (Å²) in [5, 5.41) is 3.08. The van der Waals surface area contributed by atoms with Gasteiger partial charge in [0, 0.05) is 50.5 Å². The number of methoxy groups -OCH3 is 1. The molecule has 0 aliphatic carbocycles. The van der Waals surface area contributed by atoms with Crippen molar-refractivity contribution in [3.63, 3.8) is 0 Å². The van der Waals surface area contributed by atoms with Crippen molar-refractivity contribution in [2.24, 2.45) is 0 Å². The second kappa shape index (κ2) is 10.6. The average Bonchev–Trinajstić information content (AvgIpc) is 3.14. The van der Waals surface area contributed by atoms with Gasteiger partial charge in [0.25, 0.3) is 5.91 Å². The third-order valence-corrected chi connectivity index (χ3v) is 8.33. The van der Waals surface area contributed by atoms with E-state index in [1.54, 1.807) is 7.11 Å². The SMILES string of the molecule is COc1ccc2c(c1)CCN(C1CCN(c3cc(C(=O)N4CCc5c(C)cccc5C4)ncn3)CC1)C(=O)N2. The van der Waals surface area contributed by atoms with E-state index in [9.17, 15) is 9.59 Å². The average molecular weight is 527 g/mol. The van der Waals surface area contributed by atoms with E-state index in [4.69, 9.17) is 4.74 Å². The monoisotopic (exact) mass is 526 g/mol. The number of carbonyl (C=O) groups is 2. The highest BCUT2D eigenvalue weighted by atomic mass is 16.5. The maximum atomic E-state index is 13.3. The van der Waals surface area contributed by atoms with Gasteiger partial charge in [-0.1, -0.05) is 18.2 Å². The Bertz CT molecular complexity index is 1400. The number of carbonyl (C=O) groups excluding carboxylic acids is 2. The van der Waals surface area contributed by atoms with E-state index in [2.05, 4.69) is 45.3 Å². The van der Waals surface area contributed by atoms with Gasteiger partial charge >= 0.3 is 6.03 Å². The molecule has 202 valence electrons. The number of aryl methyl sites for hydroxylation is 1. The van der Waals surface area contributed by atoms with E-state index in [1.807, 2.05) is 34.1 Å². The standard InChI is InChI=1S/C30H34N6O3/c1-20-4-3-5-22-18-35(14-11-25(20)22)29(37)27-17-28(32-19-31-27)34-12-9-23(10-13-34)36-15-8-21-16-24(39-2)6-7-26(21)33-30(36)38/h3-7,16-17,19,23H,8-15,18H2,1-2H3,(H,33,38). The van der Waals surface area contributed by atoms with Gasteiger partial charge in [-0.3, -0.25) is 4.79 Å². The smallest absolute Gasteiger partial charge is 0.322 e. The molecule has 0 saturated carbocycles. The van der Waals surface area contributed by atoms with E-state index in [0.29, 0.717) is 25.3 Å². The molecule has 0 spiro atoms. The van der Waals surface area contributed by atoms with Crippen molar-refractivity contribution in [3.05, 3.63) is 76.7 Å². The molecule has 3 aromatic rings.